The third kappa shape index (κ3) is 2.75. The number of aromatic nitrogens is 2. The molecule has 108 valence electrons. The molecule has 2 heterocycles. The fourth-order valence-corrected chi connectivity index (χ4v) is 2.60. The number of halogens is 2. The molecule has 6 heteroatoms. The molecule has 0 unspecified atom stereocenters. The van der Waals surface area contributed by atoms with Crippen molar-refractivity contribution < 1.29 is 8.78 Å². The van der Waals surface area contributed by atoms with E-state index in [0.717, 1.165) is 11.6 Å². The lowest BCUT2D eigenvalue weighted by atomic mass is 9.43. The number of hydrogen-bond donors (Lipinski definition) is 0. The average Bonchev–Trinajstić information content (AvgIpc) is 2.57. The highest BCUT2D eigenvalue weighted by molar-refractivity contribution is 6.67. The van der Waals surface area contributed by atoms with E-state index in [1.54, 1.807) is 6.07 Å². The van der Waals surface area contributed by atoms with Gasteiger partial charge in [-0.1, -0.05) is 12.4 Å². The Morgan fingerprint density at radius 2 is 1.77 bits per heavy atom. The molecule has 1 aliphatic heterocycles. The molecule has 0 atom stereocenters. The van der Waals surface area contributed by atoms with Crippen LogP contribution in [0.3, 0.4) is 0 Å². The molecule has 0 bridgehead atoms. The maximum atomic E-state index is 14.4. The van der Waals surface area contributed by atoms with Crippen LogP contribution in [0.5, 0.6) is 0 Å². The Bertz CT molecular complexity index is 769. The SMILES string of the molecule is N#CB1CC=C(c2cc(F)c(-c3ncccn3)cc2F)CC1. The van der Waals surface area contributed by atoms with Crippen LogP contribution in [0.4, 0.5) is 8.78 Å². The molecule has 0 saturated carbocycles. The summed E-state index contributed by atoms with van der Waals surface area (Å²) in [5.41, 5.74) is 1.06. The normalized spacial score (nSPS) is 14.4. The third-order valence-corrected chi connectivity index (χ3v) is 3.80. The van der Waals surface area contributed by atoms with E-state index < -0.39 is 11.6 Å². The smallest absolute Gasteiger partial charge is 0.236 e. The Hall–Kier alpha value is -2.55. The van der Waals surface area contributed by atoms with E-state index in [4.69, 9.17) is 5.26 Å². The molecule has 3 nitrogen and oxygen atoms in total. The quantitative estimate of drug-likeness (QED) is 0.792. The lowest BCUT2D eigenvalue weighted by molar-refractivity contribution is 0.598. The number of benzene rings is 1. The second kappa shape index (κ2) is 6.06. The molecule has 3 rings (SSSR count). The fourth-order valence-electron chi connectivity index (χ4n) is 2.60. The van der Waals surface area contributed by atoms with E-state index in [0.29, 0.717) is 19.1 Å². The molecule has 1 aromatic carbocycles. The zero-order valence-electron chi connectivity index (χ0n) is 11.8. The lowest BCUT2D eigenvalue weighted by Crippen LogP contribution is -2.13. The fraction of sp³-hybridized carbons (Fsp3) is 0.188. The molecule has 0 saturated heterocycles. The van der Waals surface area contributed by atoms with Gasteiger partial charge < -0.3 is 0 Å². The van der Waals surface area contributed by atoms with E-state index in [1.165, 1.54) is 18.5 Å². The Morgan fingerprint density at radius 1 is 1.09 bits per heavy atom. The summed E-state index contributed by atoms with van der Waals surface area (Å²) in [5.74, 6) is 1.32. The van der Waals surface area contributed by atoms with Crippen molar-refractivity contribution in [1.29, 1.82) is 5.26 Å². The summed E-state index contributed by atoms with van der Waals surface area (Å²) < 4.78 is 28.6. The summed E-state index contributed by atoms with van der Waals surface area (Å²) in [4.78, 5) is 7.89. The standard InChI is InChI=1S/C16H12BF2N3/c18-14-9-13(16-21-6-1-7-22-16)15(19)8-12(14)11-2-4-17(10-20)5-3-11/h1-2,6-9H,3-5H2. The minimum atomic E-state index is -0.550. The van der Waals surface area contributed by atoms with Crippen molar-refractivity contribution in [2.45, 2.75) is 19.1 Å². The zero-order chi connectivity index (χ0) is 15.5. The van der Waals surface area contributed by atoms with Crippen LogP contribution >= 0.6 is 0 Å². The largest absolute Gasteiger partial charge is 0.271 e. The van der Waals surface area contributed by atoms with Crippen LogP contribution in [0.2, 0.25) is 12.6 Å². The summed E-state index contributed by atoms with van der Waals surface area (Å²) in [5, 5.41) is 8.88. The Labute approximate surface area is 127 Å². The molecule has 0 radical (unpaired) electrons. The molecule has 0 N–H and O–H groups in total. The molecule has 0 amide bonds. The highest BCUT2D eigenvalue weighted by Gasteiger charge is 2.22. The van der Waals surface area contributed by atoms with Crippen LogP contribution in [-0.2, 0) is 0 Å². The summed E-state index contributed by atoms with van der Waals surface area (Å²) in [6.45, 7) is -0.0337. The molecule has 1 aromatic heterocycles. The van der Waals surface area contributed by atoms with Crippen LogP contribution in [0.25, 0.3) is 17.0 Å². The summed E-state index contributed by atoms with van der Waals surface area (Å²) in [7, 11) is 0. The monoisotopic (exact) mass is 295 g/mol. The molecule has 0 fully saturated rings. The van der Waals surface area contributed by atoms with Crippen molar-refractivity contribution in [3.63, 3.8) is 0 Å². The van der Waals surface area contributed by atoms with Gasteiger partial charge in [0.1, 0.15) is 11.6 Å². The van der Waals surface area contributed by atoms with Crippen molar-refractivity contribution >= 4 is 12.3 Å². The van der Waals surface area contributed by atoms with Gasteiger partial charge in [0, 0.05) is 23.9 Å². The van der Waals surface area contributed by atoms with E-state index >= 15 is 0 Å². The van der Waals surface area contributed by atoms with Crippen molar-refractivity contribution in [3.05, 3.63) is 53.9 Å². The number of nitrogens with zero attached hydrogens (tertiary/aromatic N) is 3. The van der Waals surface area contributed by atoms with Crippen LogP contribution < -0.4 is 0 Å². The van der Waals surface area contributed by atoms with E-state index in [-0.39, 0.29) is 23.7 Å². The predicted octanol–water partition coefficient (Wildman–Crippen LogP) is 3.77. The molecule has 2 aromatic rings. The van der Waals surface area contributed by atoms with Gasteiger partial charge in [0.15, 0.2) is 5.82 Å². The molecule has 22 heavy (non-hydrogen) atoms. The van der Waals surface area contributed by atoms with Crippen molar-refractivity contribution in [3.8, 4) is 17.4 Å². The average molecular weight is 295 g/mol. The van der Waals surface area contributed by atoms with E-state index in [2.05, 4.69) is 15.9 Å². The van der Waals surface area contributed by atoms with Gasteiger partial charge in [0.2, 0.25) is 0 Å². The molecular weight excluding hydrogens is 283 g/mol. The first-order chi connectivity index (χ1) is 10.7. The number of nitriles is 1. The van der Waals surface area contributed by atoms with Crippen molar-refractivity contribution in [2.75, 3.05) is 0 Å². The summed E-state index contributed by atoms with van der Waals surface area (Å²) >= 11 is 0. The number of rotatable bonds is 2. The van der Waals surface area contributed by atoms with Crippen LogP contribution in [-0.4, -0.2) is 16.7 Å². The first-order valence-electron chi connectivity index (χ1n) is 7.04. The highest BCUT2D eigenvalue weighted by Crippen LogP contribution is 2.32. The molecule has 1 aliphatic rings. The summed E-state index contributed by atoms with van der Waals surface area (Å²) in [6, 6.07) is 3.95. The zero-order valence-corrected chi connectivity index (χ0v) is 11.8. The first-order valence-corrected chi connectivity index (χ1v) is 7.04. The second-order valence-electron chi connectivity index (χ2n) is 5.21. The van der Waals surface area contributed by atoms with Gasteiger partial charge in [0.05, 0.1) is 5.56 Å². The second-order valence-corrected chi connectivity index (χ2v) is 5.21. The van der Waals surface area contributed by atoms with Crippen LogP contribution in [0.15, 0.2) is 36.7 Å². The van der Waals surface area contributed by atoms with Gasteiger partial charge in [-0.3, -0.25) is 0 Å². The Balaban J connectivity index is 1.98. The lowest BCUT2D eigenvalue weighted by Gasteiger charge is -2.16. The van der Waals surface area contributed by atoms with E-state index in [9.17, 15) is 8.78 Å². The number of hydrogen-bond acceptors (Lipinski definition) is 3. The minimum absolute atomic E-state index is 0.0337. The number of allylic oxidation sites excluding steroid dienone is 2. The highest BCUT2D eigenvalue weighted by atomic mass is 19.1. The van der Waals surface area contributed by atoms with Crippen molar-refractivity contribution in [2.24, 2.45) is 0 Å². The van der Waals surface area contributed by atoms with Crippen LogP contribution in [0.1, 0.15) is 12.0 Å². The molecule has 0 spiro atoms. The van der Waals surface area contributed by atoms with Crippen LogP contribution in [0, 0.1) is 22.9 Å². The van der Waals surface area contributed by atoms with Crippen molar-refractivity contribution in [1.82, 2.24) is 9.97 Å². The van der Waals surface area contributed by atoms with Gasteiger partial charge in [-0.25, -0.2) is 24.0 Å². The maximum absolute atomic E-state index is 14.4. The topological polar surface area (TPSA) is 49.6 Å². The minimum Gasteiger partial charge on any atom is -0.236 e. The first kappa shape index (κ1) is 14.4. The van der Waals surface area contributed by atoms with Gasteiger partial charge in [-0.05, 0) is 36.5 Å². The third-order valence-electron chi connectivity index (χ3n) is 3.80. The van der Waals surface area contributed by atoms with E-state index in [1.807, 2.05) is 6.08 Å². The maximum Gasteiger partial charge on any atom is 0.271 e. The van der Waals surface area contributed by atoms with Gasteiger partial charge >= 0.3 is 0 Å². The van der Waals surface area contributed by atoms with Gasteiger partial charge in [-0.15, -0.1) is 0 Å². The molecule has 0 aliphatic carbocycles. The Morgan fingerprint density at radius 3 is 2.41 bits per heavy atom. The predicted molar refractivity (Wildman–Crippen MR) is 81.0 cm³/mol. The molecular formula is C16H12BF2N3. The summed E-state index contributed by atoms with van der Waals surface area (Å²) in [6.07, 6.45) is 6.63. The Kier molecular flexibility index (Phi) is 3.97. The van der Waals surface area contributed by atoms with Gasteiger partial charge in [-0.2, -0.15) is 0 Å². The van der Waals surface area contributed by atoms with Gasteiger partial charge in [0.25, 0.3) is 6.71 Å².